The van der Waals surface area contributed by atoms with Gasteiger partial charge >= 0.3 is 0 Å². The van der Waals surface area contributed by atoms with Crippen LogP contribution in [0, 0.1) is 5.41 Å². The normalized spacial score (nSPS) is 18.8. The summed E-state index contributed by atoms with van der Waals surface area (Å²) in [5, 5.41) is 21.4. The number of rotatable bonds is 6. The van der Waals surface area contributed by atoms with Crippen LogP contribution in [0.2, 0.25) is 0 Å². The minimum atomic E-state index is -0.0919. The maximum absolute atomic E-state index is 10.5. The number of para-hydroxylation sites is 1. The van der Waals surface area contributed by atoms with Crippen LogP contribution in [-0.2, 0) is 4.74 Å². The average molecular weight is 332 g/mol. The molecule has 1 atom stereocenters. The van der Waals surface area contributed by atoms with Crippen molar-refractivity contribution in [2.24, 2.45) is 5.73 Å². The van der Waals surface area contributed by atoms with Gasteiger partial charge in [0.05, 0.1) is 12.1 Å². The summed E-state index contributed by atoms with van der Waals surface area (Å²) < 4.78 is 6.14. The molecule has 1 saturated heterocycles. The molecule has 24 heavy (non-hydrogen) atoms. The molecule has 8 heteroatoms. The highest BCUT2D eigenvalue weighted by Gasteiger charge is 2.22. The first-order valence-electron chi connectivity index (χ1n) is 8.13. The van der Waals surface area contributed by atoms with Gasteiger partial charge in [-0.05, 0) is 31.5 Å². The van der Waals surface area contributed by atoms with Crippen molar-refractivity contribution in [3.63, 3.8) is 0 Å². The van der Waals surface area contributed by atoms with Gasteiger partial charge in [0.1, 0.15) is 11.4 Å². The largest absolute Gasteiger partial charge is 0.425 e. The first-order valence-corrected chi connectivity index (χ1v) is 8.13. The Labute approximate surface area is 140 Å². The summed E-state index contributed by atoms with van der Waals surface area (Å²) in [6.07, 6.45) is 2.11. The smallest absolute Gasteiger partial charge is 0.238 e. The number of piperidine rings is 1. The molecular formula is C16H24N6O2. The Kier molecular flexibility index (Phi) is 4.86. The van der Waals surface area contributed by atoms with Gasteiger partial charge in [-0.1, -0.05) is 6.07 Å². The molecule has 0 spiro atoms. The van der Waals surface area contributed by atoms with E-state index in [2.05, 4.69) is 15.2 Å². The van der Waals surface area contributed by atoms with Gasteiger partial charge in [0.2, 0.25) is 5.95 Å². The zero-order valence-corrected chi connectivity index (χ0v) is 13.8. The number of aromatic nitrogens is 2. The van der Waals surface area contributed by atoms with Crippen LogP contribution in [-0.4, -0.2) is 65.0 Å². The second kappa shape index (κ2) is 7.06. The number of methoxy groups -OCH3 is 1. The summed E-state index contributed by atoms with van der Waals surface area (Å²) in [5.41, 5.74) is 7.14. The van der Waals surface area contributed by atoms with Gasteiger partial charge in [0.15, 0.2) is 0 Å². The third kappa shape index (κ3) is 3.29. The van der Waals surface area contributed by atoms with Crippen LogP contribution in [0.4, 0.5) is 5.95 Å². The van der Waals surface area contributed by atoms with Gasteiger partial charge in [0.25, 0.3) is 0 Å². The molecule has 2 heterocycles. The Morgan fingerprint density at radius 2 is 2.38 bits per heavy atom. The second-order valence-electron chi connectivity index (χ2n) is 6.11. The number of imidazole rings is 1. The Morgan fingerprint density at radius 1 is 1.54 bits per heavy atom. The summed E-state index contributed by atoms with van der Waals surface area (Å²) >= 11 is 0. The average Bonchev–Trinajstić information content (AvgIpc) is 2.89. The molecule has 3 rings (SSSR count). The van der Waals surface area contributed by atoms with E-state index >= 15 is 0 Å². The summed E-state index contributed by atoms with van der Waals surface area (Å²) in [4.78, 5) is 6.79. The molecule has 0 saturated carbocycles. The lowest BCUT2D eigenvalue weighted by atomic mass is 10.1. The quantitative estimate of drug-likeness (QED) is 0.358. The first-order chi connectivity index (χ1) is 11.6. The fraction of sp³-hybridized carbons (Fsp3) is 0.500. The fourth-order valence-corrected chi connectivity index (χ4v) is 3.20. The van der Waals surface area contributed by atoms with Crippen molar-refractivity contribution in [3.05, 3.63) is 23.8 Å². The number of nitrogens with two attached hydrogens (primary N) is 1. The van der Waals surface area contributed by atoms with E-state index in [0.717, 1.165) is 37.2 Å². The summed E-state index contributed by atoms with van der Waals surface area (Å²) in [6.45, 7) is 3.56. The molecule has 2 aromatic rings. The number of hydrogen-bond acceptors (Lipinski definition) is 6. The molecule has 0 aliphatic carbocycles. The van der Waals surface area contributed by atoms with Crippen molar-refractivity contribution in [1.29, 1.82) is 5.41 Å². The molecule has 5 N–H and O–H groups in total. The Morgan fingerprint density at radius 3 is 3.12 bits per heavy atom. The lowest BCUT2D eigenvalue weighted by molar-refractivity contribution is 0.130. The predicted molar refractivity (Wildman–Crippen MR) is 92.9 cm³/mol. The Hall–Kier alpha value is -2.32. The number of likely N-dealkylation sites (tertiary alicyclic amines) is 1. The van der Waals surface area contributed by atoms with Crippen molar-refractivity contribution < 1.29 is 9.94 Å². The first kappa shape index (κ1) is 16.5. The van der Waals surface area contributed by atoms with Gasteiger partial charge in [-0.15, -0.1) is 4.73 Å². The third-order valence-electron chi connectivity index (χ3n) is 4.39. The zero-order valence-electron chi connectivity index (χ0n) is 13.8. The van der Waals surface area contributed by atoms with Crippen molar-refractivity contribution in [3.8, 4) is 0 Å². The standard InChI is InChI=1S/C16H24N6O2/c1-24-9-8-21-7-3-4-11(10-21)19-16-20-13-6-2-5-12(15(17)18)14(13)22(16)23/h2,5-6,11,23H,3-4,7-10H2,1H3,(H3,17,18)(H,19,20). The number of nitrogen functional groups attached to an aromatic ring is 1. The van der Waals surface area contributed by atoms with Crippen molar-refractivity contribution in [2.45, 2.75) is 18.9 Å². The van der Waals surface area contributed by atoms with E-state index in [4.69, 9.17) is 15.9 Å². The van der Waals surface area contributed by atoms with Crippen LogP contribution in [0.25, 0.3) is 11.0 Å². The maximum atomic E-state index is 10.5. The fourth-order valence-electron chi connectivity index (χ4n) is 3.20. The van der Waals surface area contributed by atoms with Gasteiger partial charge in [-0.3, -0.25) is 10.3 Å². The molecule has 8 nitrogen and oxygen atoms in total. The minimum absolute atomic E-state index is 0.0919. The van der Waals surface area contributed by atoms with Crippen LogP contribution in [0.3, 0.4) is 0 Å². The topological polar surface area (TPSA) is 112 Å². The van der Waals surface area contributed by atoms with Crippen LogP contribution >= 0.6 is 0 Å². The number of nitrogens with zero attached hydrogens (tertiary/aromatic N) is 3. The zero-order chi connectivity index (χ0) is 17.1. The van der Waals surface area contributed by atoms with Gasteiger partial charge in [-0.2, -0.15) is 0 Å². The van der Waals surface area contributed by atoms with Crippen LogP contribution < -0.4 is 11.1 Å². The van der Waals surface area contributed by atoms with E-state index in [9.17, 15) is 5.21 Å². The Balaban J connectivity index is 1.79. The number of anilines is 1. The molecule has 1 aromatic carbocycles. The van der Waals surface area contributed by atoms with E-state index in [1.165, 1.54) is 0 Å². The summed E-state index contributed by atoms with van der Waals surface area (Å²) in [6, 6.07) is 5.49. The highest BCUT2D eigenvalue weighted by molar-refractivity contribution is 6.06. The van der Waals surface area contributed by atoms with E-state index in [0.29, 0.717) is 29.2 Å². The molecule has 1 fully saturated rings. The van der Waals surface area contributed by atoms with Crippen LogP contribution in [0.5, 0.6) is 0 Å². The summed E-state index contributed by atoms with van der Waals surface area (Å²) in [5.74, 6) is 0.294. The van der Waals surface area contributed by atoms with Crippen LogP contribution in [0.1, 0.15) is 18.4 Å². The second-order valence-corrected chi connectivity index (χ2v) is 6.11. The molecule has 1 unspecified atom stereocenters. The maximum Gasteiger partial charge on any atom is 0.238 e. The Bertz CT molecular complexity index is 729. The van der Waals surface area contributed by atoms with Gasteiger partial charge < -0.3 is 21.0 Å². The monoisotopic (exact) mass is 332 g/mol. The molecule has 0 bridgehead atoms. The molecule has 1 aromatic heterocycles. The molecule has 0 radical (unpaired) electrons. The minimum Gasteiger partial charge on any atom is -0.425 e. The SMILES string of the molecule is COCCN1CCCC(Nc2nc3cccc(C(=N)N)c3n2O)C1. The number of ether oxygens (including phenoxy) is 1. The van der Waals surface area contributed by atoms with Gasteiger partial charge in [-0.25, -0.2) is 4.98 Å². The highest BCUT2D eigenvalue weighted by atomic mass is 16.5. The molecule has 1 aliphatic heterocycles. The van der Waals surface area contributed by atoms with E-state index in [1.807, 2.05) is 0 Å². The molecule has 130 valence electrons. The van der Waals surface area contributed by atoms with Crippen molar-refractivity contribution in [2.75, 3.05) is 38.7 Å². The lowest BCUT2D eigenvalue weighted by Gasteiger charge is -2.32. The lowest BCUT2D eigenvalue weighted by Crippen LogP contribution is -2.43. The van der Waals surface area contributed by atoms with Gasteiger partial charge in [0, 0.05) is 31.8 Å². The van der Waals surface area contributed by atoms with E-state index < -0.39 is 0 Å². The predicted octanol–water partition coefficient (Wildman–Crippen LogP) is 1.08. The van der Waals surface area contributed by atoms with Crippen LogP contribution in [0.15, 0.2) is 18.2 Å². The van der Waals surface area contributed by atoms with E-state index in [1.54, 1.807) is 25.3 Å². The summed E-state index contributed by atoms with van der Waals surface area (Å²) in [7, 11) is 1.71. The highest BCUT2D eigenvalue weighted by Crippen LogP contribution is 2.23. The van der Waals surface area contributed by atoms with E-state index in [-0.39, 0.29) is 11.9 Å². The number of benzene rings is 1. The number of fused-ring (bicyclic) bond motifs is 1. The number of amidine groups is 1. The number of hydrogen-bond donors (Lipinski definition) is 4. The molecule has 1 aliphatic rings. The van der Waals surface area contributed by atoms with Crippen molar-refractivity contribution in [1.82, 2.24) is 14.6 Å². The third-order valence-corrected chi connectivity index (χ3v) is 4.39. The van der Waals surface area contributed by atoms with Crippen molar-refractivity contribution >= 4 is 22.8 Å². The molecular weight excluding hydrogens is 308 g/mol. The molecule has 0 amide bonds. The number of nitrogens with one attached hydrogen (secondary N) is 2.